The van der Waals surface area contributed by atoms with Crippen molar-refractivity contribution in [2.75, 3.05) is 0 Å². The van der Waals surface area contributed by atoms with Crippen molar-refractivity contribution in [3.05, 3.63) is 6.42 Å². The summed E-state index contributed by atoms with van der Waals surface area (Å²) in [6.45, 7) is 6.78. The standard InChI is InChI=1S/C14H29/c1-4-6-7-8-9-10-11-12-13-14(3)5-2/h5,14H,4,6-13H2,1-3H3. The van der Waals surface area contributed by atoms with Gasteiger partial charge in [-0.05, 0) is 12.3 Å². The van der Waals surface area contributed by atoms with Crippen molar-refractivity contribution in [1.82, 2.24) is 0 Å². The molecule has 0 rings (SSSR count). The molecule has 0 spiro atoms. The van der Waals surface area contributed by atoms with Gasteiger partial charge in [-0.1, -0.05) is 78.6 Å². The van der Waals surface area contributed by atoms with Crippen molar-refractivity contribution in [3.63, 3.8) is 0 Å². The van der Waals surface area contributed by atoms with E-state index in [2.05, 4.69) is 27.2 Å². The predicted octanol–water partition coefficient (Wildman–Crippen LogP) is 5.38. The van der Waals surface area contributed by atoms with Gasteiger partial charge in [-0.15, -0.1) is 0 Å². The number of unbranched alkanes of at least 4 members (excludes halogenated alkanes) is 7. The van der Waals surface area contributed by atoms with Crippen LogP contribution in [0, 0.1) is 12.3 Å². The third-order valence-electron chi connectivity index (χ3n) is 3.08. The first-order valence-electron chi connectivity index (χ1n) is 6.60. The number of rotatable bonds is 10. The minimum atomic E-state index is 0.829. The topological polar surface area (TPSA) is 0 Å². The summed E-state index contributed by atoms with van der Waals surface area (Å²) in [5.41, 5.74) is 0. The second-order valence-corrected chi connectivity index (χ2v) is 4.57. The van der Waals surface area contributed by atoms with Crippen molar-refractivity contribution < 1.29 is 0 Å². The zero-order valence-corrected chi connectivity index (χ0v) is 10.5. The van der Waals surface area contributed by atoms with Gasteiger partial charge in [0.05, 0.1) is 0 Å². The Morgan fingerprint density at radius 3 is 1.86 bits per heavy atom. The molecule has 0 saturated carbocycles. The maximum atomic E-state index is 2.32. The van der Waals surface area contributed by atoms with E-state index in [1.807, 2.05) is 0 Å². The molecule has 1 unspecified atom stereocenters. The molecule has 1 atom stereocenters. The lowest BCUT2D eigenvalue weighted by Gasteiger charge is -2.06. The first-order valence-corrected chi connectivity index (χ1v) is 6.60. The highest BCUT2D eigenvalue weighted by Crippen LogP contribution is 2.14. The lowest BCUT2D eigenvalue weighted by Crippen LogP contribution is -1.92. The summed E-state index contributed by atoms with van der Waals surface area (Å²) in [7, 11) is 0. The number of hydrogen-bond acceptors (Lipinski definition) is 0. The molecule has 85 valence electrons. The second kappa shape index (κ2) is 11.1. The van der Waals surface area contributed by atoms with Crippen LogP contribution in [0.4, 0.5) is 0 Å². The summed E-state index contributed by atoms with van der Waals surface area (Å²) in [6.07, 6.45) is 15.2. The molecule has 0 saturated heterocycles. The highest BCUT2D eigenvalue weighted by Gasteiger charge is 1.98. The molecule has 0 bridgehead atoms. The molecule has 0 aromatic heterocycles. The fourth-order valence-corrected chi connectivity index (χ4v) is 1.77. The molecule has 0 nitrogen and oxygen atoms in total. The van der Waals surface area contributed by atoms with E-state index in [9.17, 15) is 0 Å². The third-order valence-corrected chi connectivity index (χ3v) is 3.08. The van der Waals surface area contributed by atoms with Crippen LogP contribution in [-0.2, 0) is 0 Å². The van der Waals surface area contributed by atoms with E-state index in [4.69, 9.17) is 0 Å². The van der Waals surface area contributed by atoms with Crippen LogP contribution in [0.3, 0.4) is 0 Å². The average Bonchev–Trinajstić information content (AvgIpc) is 2.21. The first kappa shape index (κ1) is 14.0. The molecular formula is C14H29. The molecule has 0 fully saturated rings. The Labute approximate surface area is 91.5 Å². The van der Waals surface area contributed by atoms with Gasteiger partial charge in [0.15, 0.2) is 0 Å². The fraction of sp³-hybridized carbons (Fsp3) is 0.929. The summed E-state index contributed by atoms with van der Waals surface area (Å²) < 4.78 is 0. The third kappa shape index (κ3) is 10.1. The van der Waals surface area contributed by atoms with E-state index >= 15 is 0 Å². The van der Waals surface area contributed by atoms with Crippen molar-refractivity contribution >= 4 is 0 Å². The normalized spacial score (nSPS) is 13.1. The largest absolute Gasteiger partial charge is 0.0654 e. The van der Waals surface area contributed by atoms with E-state index in [0.717, 1.165) is 5.92 Å². The van der Waals surface area contributed by atoms with E-state index in [1.54, 1.807) is 0 Å². The minimum Gasteiger partial charge on any atom is -0.0654 e. The van der Waals surface area contributed by atoms with Gasteiger partial charge in [0.2, 0.25) is 0 Å². The van der Waals surface area contributed by atoms with Crippen LogP contribution in [0.1, 0.15) is 78.6 Å². The van der Waals surface area contributed by atoms with Crippen molar-refractivity contribution in [3.8, 4) is 0 Å². The van der Waals surface area contributed by atoms with Gasteiger partial charge >= 0.3 is 0 Å². The summed E-state index contributed by atoms with van der Waals surface area (Å²) >= 11 is 0. The first-order chi connectivity index (χ1) is 6.81. The summed E-state index contributed by atoms with van der Waals surface area (Å²) in [6, 6.07) is 0. The highest BCUT2D eigenvalue weighted by molar-refractivity contribution is 4.65. The summed E-state index contributed by atoms with van der Waals surface area (Å²) in [5.74, 6) is 0.829. The maximum Gasteiger partial charge on any atom is -0.0389 e. The molecule has 0 aromatic rings. The van der Waals surface area contributed by atoms with E-state index in [1.165, 1.54) is 57.8 Å². The van der Waals surface area contributed by atoms with Crippen molar-refractivity contribution in [2.45, 2.75) is 78.6 Å². The summed E-state index contributed by atoms with van der Waals surface area (Å²) in [4.78, 5) is 0. The quantitative estimate of drug-likeness (QED) is 0.413. The zero-order valence-electron chi connectivity index (χ0n) is 10.5. The second-order valence-electron chi connectivity index (χ2n) is 4.57. The lowest BCUT2D eigenvalue weighted by molar-refractivity contribution is 0.518. The van der Waals surface area contributed by atoms with Crippen LogP contribution in [0.5, 0.6) is 0 Å². The molecule has 0 amide bonds. The Hall–Kier alpha value is 0. The van der Waals surface area contributed by atoms with Crippen molar-refractivity contribution in [2.24, 2.45) is 5.92 Å². The molecule has 0 aliphatic heterocycles. The Kier molecular flexibility index (Phi) is 11.1. The highest BCUT2D eigenvalue weighted by atomic mass is 14.0. The SMILES string of the molecule is C[CH]C(C)CCCCCCCCCC. The minimum absolute atomic E-state index is 0.829. The molecule has 1 radical (unpaired) electrons. The van der Waals surface area contributed by atoms with Crippen LogP contribution in [0.2, 0.25) is 0 Å². The smallest absolute Gasteiger partial charge is 0.0389 e. The molecule has 0 aliphatic carbocycles. The van der Waals surface area contributed by atoms with Gasteiger partial charge in [-0.25, -0.2) is 0 Å². The van der Waals surface area contributed by atoms with Crippen LogP contribution in [0.15, 0.2) is 0 Å². The van der Waals surface area contributed by atoms with E-state index in [-0.39, 0.29) is 0 Å². The molecule has 0 aromatic carbocycles. The van der Waals surface area contributed by atoms with Crippen molar-refractivity contribution in [1.29, 1.82) is 0 Å². The Balaban J connectivity index is 2.92. The Bertz CT molecular complexity index is 96.2. The zero-order chi connectivity index (χ0) is 10.6. The van der Waals surface area contributed by atoms with Gasteiger partial charge < -0.3 is 0 Å². The molecule has 0 heteroatoms. The number of hydrogen-bond donors (Lipinski definition) is 0. The lowest BCUT2D eigenvalue weighted by atomic mass is 10.00. The predicted molar refractivity (Wildman–Crippen MR) is 66.4 cm³/mol. The van der Waals surface area contributed by atoms with Gasteiger partial charge in [0.25, 0.3) is 0 Å². The van der Waals surface area contributed by atoms with Gasteiger partial charge in [0, 0.05) is 0 Å². The van der Waals surface area contributed by atoms with Crippen LogP contribution in [-0.4, -0.2) is 0 Å². The van der Waals surface area contributed by atoms with Crippen LogP contribution < -0.4 is 0 Å². The average molecular weight is 197 g/mol. The molecule has 14 heavy (non-hydrogen) atoms. The fourth-order valence-electron chi connectivity index (χ4n) is 1.77. The molecule has 0 aliphatic rings. The maximum absolute atomic E-state index is 2.32. The Morgan fingerprint density at radius 1 is 0.857 bits per heavy atom. The van der Waals surface area contributed by atoms with Gasteiger partial charge in [-0.2, -0.15) is 0 Å². The van der Waals surface area contributed by atoms with Crippen LogP contribution >= 0.6 is 0 Å². The monoisotopic (exact) mass is 197 g/mol. The molecule has 0 N–H and O–H groups in total. The molecule has 0 heterocycles. The van der Waals surface area contributed by atoms with E-state index in [0.29, 0.717) is 0 Å². The Morgan fingerprint density at radius 2 is 1.36 bits per heavy atom. The van der Waals surface area contributed by atoms with E-state index < -0.39 is 0 Å². The van der Waals surface area contributed by atoms with Gasteiger partial charge in [0.1, 0.15) is 0 Å². The molecular weight excluding hydrogens is 168 g/mol. The summed E-state index contributed by atoms with van der Waals surface area (Å²) in [5, 5.41) is 0. The van der Waals surface area contributed by atoms with Gasteiger partial charge in [-0.3, -0.25) is 0 Å². The van der Waals surface area contributed by atoms with Crippen LogP contribution in [0.25, 0.3) is 0 Å².